The van der Waals surface area contributed by atoms with Gasteiger partial charge in [0.2, 0.25) is 0 Å². The number of rotatable bonds is 6. The van der Waals surface area contributed by atoms with Gasteiger partial charge in [0.1, 0.15) is 0 Å². The van der Waals surface area contributed by atoms with Gasteiger partial charge < -0.3 is 9.22 Å². The van der Waals surface area contributed by atoms with Crippen LogP contribution in [0.1, 0.15) is 19.3 Å². The molecule has 2 heteroatoms. The van der Waals surface area contributed by atoms with E-state index in [0.717, 1.165) is 11.1 Å². The standard InChI is InChI=1S/C9H22NO/c1-10(2,3)8-6-5-7-9-11-4/h5-9H2,1-4H3/q+1. The SMILES string of the molecule is COCCCCC[N+](C)(C)C. The molecular formula is C9H22NO+. The van der Waals surface area contributed by atoms with Gasteiger partial charge in [-0.1, -0.05) is 0 Å². The van der Waals surface area contributed by atoms with Crippen molar-refractivity contribution in [3.8, 4) is 0 Å². The first-order valence-corrected chi connectivity index (χ1v) is 4.35. The molecule has 2 nitrogen and oxygen atoms in total. The molecule has 0 heterocycles. The van der Waals surface area contributed by atoms with Crippen LogP contribution in [0.4, 0.5) is 0 Å². The highest BCUT2D eigenvalue weighted by Gasteiger charge is 2.04. The summed E-state index contributed by atoms with van der Waals surface area (Å²) in [7, 11) is 8.46. The third-order valence-electron chi connectivity index (χ3n) is 1.68. The lowest BCUT2D eigenvalue weighted by Gasteiger charge is -2.23. The van der Waals surface area contributed by atoms with Crippen molar-refractivity contribution in [2.45, 2.75) is 19.3 Å². The van der Waals surface area contributed by atoms with Crippen LogP contribution in [0.3, 0.4) is 0 Å². The summed E-state index contributed by atoms with van der Waals surface area (Å²) in [6.07, 6.45) is 3.81. The van der Waals surface area contributed by atoms with E-state index in [1.54, 1.807) is 7.11 Å². The van der Waals surface area contributed by atoms with Gasteiger partial charge in [-0.05, 0) is 19.3 Å². The number of hydrogen-bond donors (Lipinski definition) is 0. The lowest BCUT2D eigenvalue weighted by atomic mass is 10.2. The van der Waals surface area contributed by atoms with Crippen molar-refractivity contribution in [3.05, 3.63) is 0 Å². The highest BCUT2D eigenvalue weighted by Crippen LogP contribution is 2.00. The van der Waals surface area contributed by atoms with Crippen molar-refractivity contribution in [2.24, 2.45) is 0 Å². The Bertz CT molecular complexity index is 86.1. The van der Waals surface area contributed by atoms with E-state index in [1.807, 2.05) is 0 Å². The molecule has 0 amide bonds. The molecule has 0 spiro atoms. The van der Waals surface area contributed by atoms with Crippen LogP contribution >= 0.6 is 0 Å². The zero-order valence-corrected chi connectivity index (χ0v) is 8.39. The molecule has 0 aliphatic heterocycles. The van der Waals surface area contributed by atoms with Crippen LogP contribution in [0.5, 0.6) is 0 Å². The molecule has 0 unspecified atom stereocenters. The topological polar surface area (TPSA) is 9.23 Å². The molecule has 0 fully saturated rings. The van der Waals surface area contributed by atoms with Crippen molar-refractivity contribution >= 4 is 0 Å². The minimum Gasteiger partial charge on any atom is -0.385 e. The summed E-state index contributed by atoms with van der Waals surface area (Å²) in [5.41, 5.74) is 0. The smallest absolute Gasteiger partial charge is 0.0780 e. The molecule has 11 heavy (non-hydrogen) atoms. The Morgan fingerprint density at radius 1 is 1.00 bits per heavy atom. The van der Waals surface area contributed by atoms with E-state index >= 15 is 0 Å². The number of hydrogen-bond acceptors (Lipinski definition) is 1. The summed E-state index contributed by atoms with van der Waals surface area (Å²) in [6.45, 7) is 2.18. The summed E-state index contributed by atoms with van der Waals surface area (Å²) >= 11 is 0. The van der Waals surface area contributed by atoms with E-state index < -0.39 is 0 Å². The van der Waals surface area contributed by atoms with Crippen LogP contribution in [0.15, 0.2) is 0 Å². The molecule has 0 radical (unpaired) electrons. The zero-order chi connectivity index (χ0) is 8.74. The maximum Gasteiger partial charge on any atom is 0.0780 e. The Morgan fingerprint density at radius 3 is 2.09 bits per heavy atom. The highest BCUT2D eigenvalue weighted by atomic mass is 16.5. The molecule has 0 rings (SSSR count). The quantitative estimate of drug-likeness (QED) is 0.423. The molecule has 0 bridgehead atoms. The monoisotopic (exact) mass is 160 g/mol. The fourth-order valence-corrected chi connectivity index (χ4v) is 1.01. The summed E-state index contributed by atoms with van der Waals surface area (Å²) in [6, 6.07) is 0. The summed E-state index contributed by atoms with van der Waals surface area (Å²) in [5.74, 6) is 0. The lowest BCUT2D eigenvalue weighted by molar-refractivity contribution is -0.870. The second-order valence-electron chi connectivity index (χ2n) is 4.07. The number of nitrogens with zero attached hydrogens (tertiary/aromatic N) is 1. The van der Waals surface area contributed by atoms with Crippen molar-refractivity contribution in [3.63, 3.8) is 0 Å². The van der Waals surface area contributed by atoms with Crippen molar-refractivity contribution in [2.75, 3.05) is 41.4 Å². The molecule has 0 saturated carbocycles. The second kappa shape index (κ2) is 5.56. The van der Waals surface area contributed by atoms with Crippen molar-refractivity contribution in [1.29, 1.82) is 0 Å². The van der Waals surface area contributed by atoms with Gasteiger partial charge in [0, 0.05) is 13.7 Å². The van der Waals surface area contributed by atoms with E-state index in [-0.39, 0.29) is 0 Å². The van der Waals surface area contributed by atoms with Crippen LogP contribution in [-0.4, -0.2) is 45.9 Å². The molecule has 0 aromatic rings. The molecule has 0 N–H and O–H groups in total. The van der Waals surface area contributed by atoms with Gasteiger partial charge in [-0.25, -0.2) is 0 Å². The second-order valence-corrected chi connectivity index (χ2v) is 4.07. The van der Waals surface area contributed by atoms with Gasteiger partial charge in [-0.3, -0.25) is 0 Å². The predicted octanol–water partition coefficient (Wildman–Crippen LogP) is 1.51. The summed E-state index contributed by atoms with van der Waals surface area (Å²) < 4.78 is 6.05. The largest absolute Gasteiger partial charge is 0.385 e. The molecule has 0 aliphatic carbocycles. The number of methoxy groups -OCH3 is 1. The number of ether oxygens (including phenoxy) is 1. The first kappa shape index (κ1) is 10.9. The predicted molar refractivity (Wildman–Crippen MR) is 48.6 cm³/mol. The van der Waals surface area contributed by atoms with Crippen LogP contribution in [0.25, 0.3) is 0 Å². The highest BCUT2D eigenvalue weighted by molar-refractivity contribution is 4.39. The fraction of sp³-hybridized carbons (Fsp3) is 1.00. The van der Waals surface area contributed by atoms with Gasteiger partial charge in [0.05, 0.1) is 27.7 Å². The van der Waals surface area contributed by atoms with E-state index in [0.29, 0.717) is 0 Å². The molecule has 0 aromatic carbocycles. The summed E-state index contributed by atoms with van der Waals surface area (Å²) in [4.78, 5) is 0. The Morgan fingerprint density at radius 2 is 1.64 bits per heavy atom. The van der Waals surface area contributed by atoms with Gasteiger partial charge in [0.15, 0.2) is 0 Å². The van der Waals surface area contributed by atoms with Crippen LogP contribution in [0.2, 0.25) is 0 Å². The normalized spacial score (nSPS) is 12.0. The Labute approximate surface area is 70.7 Å². The van der Waals surface area contributed by atoms with Crippen LogP contribution in [0, 0.1) is 0 Å². The average molecular weight is 160 g/mol. The Kier molecular flexibility index (Phi) is 5.51. The molecule has 0 saturated heterocycles. The minimum absolute atomic E-state index is 0.914. The van der Waals surface area contributed by atoms with Gasteiger partial charge in [-0.2, -0.15) is 0 Å². The molecule has 0 atom stereocenters. The zero-order valence-electron chi connectivity index (χ0n) is 8.39. The maximum atomic E-state index is 4.97. The van der Waals surface area contributed by atoms with Crippen LogP contribution in [-0.2, 0) is 4.74 Å². The van der Waals surface area contributed by atoms with Crippen molar-refractivity contribution in [1.82, 2.24) is 0 Å². The Balaban J connectivity index is 3.02. The third kappa shape index (κ3) is 9.92. The van der Waals surface area contributed by atoms with Crippen molar-refractivity contribution < 1.29 is 9.22 Å². The van der Waals surface area contributed by atoms with E-state index in [2.05, 4.69) is 21.1 Å². The first-order chi connectivity index (χ1) is 5.06. The Hall–Kier alpha value is -0.0800. The van der Waals surface area contributed by atoms with E-state index in [9.17, 15) is 0 Å². The number of quaternary nitrogens is 1. The van der Waals surface area contributed by atoms with Gasteiger partial charge >= 0.3 is 0 Å². The van der Waals surface area contributed by atoms with Crippen LogP contribution < -0.4 is 0 Å². The minimum atomic E-state index is 0.914. The molecule has 0 aromatic heterocycles. The van der Waals surface area contributed by atoms with Gasteiger partial charge in [-0.15, -0.1) is 0 Å². The lowest BCUT2D eigenvalue weighted by Crippen LogP contribution is -2.35. The maximum absolute atomic E-state index is 4.97. The number of unbranched alkanes of at least 4 members (excludes halogenated alkanes) is 2. The first-order valence-electron chi connectivity index (χ1n) is 4.35. The fourth-order valence-electron chi connectivity index (χ4n) is 1.01. The molecule has 68 valence electrons. The third-order valence-corrected chi connectivity index (χ3v) is 1.68. The average Bonchev–Trinajstić information content (AvgIpc) is 1.85. The summed E-state index contributed by atoms with van der Waals surface area (Å²) in [5, 5.41) is 0. The van der Waals surface area contributed by atoms with E-state index in [4.69, 9.17) is 4.74 Å². The molecule has 0 aliphatic rings. The van der Waals surface area contributed by atoms with E-state index in [1.165, 1.54) is 25.8 Å². The van der Waals surface area contributed by atoms with Gasteiger partial charge in [0.25, 0.3) is 0 Å². The molecular weight excluding hydrogens is 138 g/mol.